The fraction of sp³-hybridized carbons (Fsp3) is 0.316. The van der Waals surface area contributed by atoms with Gasteiger partial charge in [-0.15, -0.1) is 0 Å². The third-order valence-electron chi connectivity index (χ3n) is 3.93. The zero-order valence-corrected chi connectivity index (χ0v) is 17.1. The highest BCUT2D eigenvalue weighted by Gasteiger charge is 2.19. The number of carbonyl (C=O) groups is 1. The Morgan fingerprint density at radius 2 is 1.78 bits per heavy atom. The van der Waals surface area contributed by atoms with E-state index < -0.39 is 16.1 Å². The van der Waals surface area contributed by atoms with Crippen molar-refractivity contribution in [2.24, 2.45) is 5.73 Å². The number of hydrogen-bond acceptors (Lipinski definition) is 4. The molecule has 0 unspecified atom stereocenters. The van der Waals surface area contributed by atoms with Gasteiger partial charge in [-0.25, -0.2) is 8.42 Å². The Balaban J connectivity index is 2.22. The van der Waals surface area contributed by atoms with E-state index in [9.17, 15) is 13.2 Å². The van der Waals surface area contributed by atoms with E-state index in [1.54, 1.807) is 36.4 Å². The molecule has 0 aliphatic rings. The second-order valence-corrected chi connectivity index (χ2v) is 8.79. The van der Waals surface area contributed by atoms with Crippen LogP contribution in [0.25, 0.3) is 0 Å². The number of sulfonamides is 1. The van der Waals surface area contributed by atoms with Crippen molar-refractivity contribution in [2.45, 2.75) is 44.2 Å². The van der Waals surface area contributed by atoms with Crippen molar-refractivity contribution in [2.75, 3.05) is 4.72 Å². The summed E-state index contributed by atoms with van der Waals surface area (Å²) >= 11 is 5.82. The summed E-state index contributed by atoms with van der Waals surface area (Å²) in [5.41, 5.74) is 7.96. The smallest absolute Gasteiger partial charge is 0.261 e. The summed E-state index contributed by atoms with van der Waals surface area (Å²) < 4.78 is 27.8. The highest BCUT2D eigenvalue weighted by Crippen LogP contribution is 2.21. The van der Waals surface area contributed by atoms with Crippen molar-refractivity contribution < 1.29 is 13.2 Å². The summed E-state index contributed by atoms with van der Waals surface area (Å²) in [5.74, 6) is -0.267. The van der Waals surface area contributed by atoms with Crippen molar-refractivity contribution in [1.29, 1.82) is 0 Å². The summed E-state index contributed by atoms with van der Waals surface area (Å²) in [6.07, 6.45) is 0.245. The Kier molecular flexibility index (Phi) is 6.86. The molecule has 4 N–H and O–H groups in total. The molecule has 0 bridgehead atoms. The van der Waals surface area contributed by atoms with Gasteiger partial charge in [-0.05, 0) is 74.7 Å². The van der Waals surface area contributed by atoms with Crippen molar-refractivity contribution in [3.8, 4) is 0 Å². The number of anilines is 1. The molecule has 27 heavy (non-hydrogen) atoms. The molecule has 0 aliphatic heterocycles. The first-order chi connectivity index (χ1) is 12.6. The maximum atomic E-state index is 12.7. The number of halogens is 1. The molecule has 2 aromatic rings. The monoisotopic (exact) mass is 409 g/mol. The number of amides is 1. The second-order valence-electron chi connectivity index (χ2n) is 6.67. The van der Waals surface area contributed by atoms with E-state index in [0.717, 1.165) is 5.56 Å². The number of nitrogens with one attached hydrogen (secondary N) is 2. The molecular formula is C19H24ClN3O3S. The topological polar surface area (TPSA) is 101 Å². The molecule has 0 heterocycles. The lowest BCUT2D eigenvalue weighted by Crippen LogP contribution is -2.44. The molecule has 0 saturated carbocycles. The van der Waals surface area contributed by atoms with Gasteiger partial charge in [-0.3, -0.25) is 9.52 Å². The maximum Gasteiger partial charge on any atom is 0.261 e. The molecule has 0 saturated heterocycles. The lowest BCUT2D eigenvalue weighted by Gasteiger charge is -2.16. The Bertz CT molecular complexity index is 912. The van der Waals surface area contributed by atoms with E-state index >= 15 is 0 Å². The van der Waals surface area contributed by atoms with Crippen LogP contribution in [0.3, 0.4) is 0 Å². The highest BCUT2D eigenvalue weighted by atomic mass is 35.5. The average molecular weight is 410 g/mol. The molecule has 0 fully saturated rings. The number of aryl methyl sites for hydroxylation is 1. The van der Waals surface area contributed by atoms with Crippen LogP contribution in [0.15, 0.2) is 47.4 Å². The van der Waals surface area contributed by atoms with E-state index in [0.29, 0.717) is 16.3 Å². The number of benzene rings is 2. The largest absolute Gasteiger partial charge is 0.353 e. The van der Waals surface area contributed by atoms with E-state index in [-0.39, 0.29) is 23.3 Å². The van der Waals surface area contributed by atoms with Crippen LogP contribution in [0.1, 0.15) is 25.0 Å². The molecular weight excluding hydrogens is 386 g/mol. The van der Waals surface area contributed by atoms with Crippen LogP contribution in [0.5, 0.6) is 0 Å². The van der Waals surface area contributed by atoms with Crippen LogP contribution >= 0.6 is 11.6 Å². The van der Waals surface area contributed by atoms with E-state index in [2.05, 4.69) is 10.0 Å². The quantitative estimate of drug-likeness (QED) is 0.654. The van der Waals surface area contributed by atoms with Crippen LogP contribution in [0.2, 0.25) is 5.02 Å². The zero-order valence-electron chi connectivity index (χ0n) is 15.5. The van der Waals surface area contributed by atoms with Gasteiger partial charge >= 0.3 is 0 Å². The summed E-state index contributed by atoms with van der Waals surface area (Å²) in [6.45, 7) is 5.56. The van der Waals surface area contributed by atoms with Gasteiger partial charge in [0, 0.05) is 16.8 Å². The zero-order chi connectivity index (χ0) is 20.2. The van der Waals surface area contributed by atoms with Crippen LogP contribution in [-0.4, -0.2) is 26.4 Å². The normalized spacial score (nSPS) is 12.7. The molecule has 1 atom stereocenters. The van der Waals surface area contributed by atoms with Crippen LogP contribution in [0.4, 0.5) is 5.69 Å². The third kappa shape index (κ3) is 5.95. The van der Waals surface area contributed by atoms with Gasteiger partial charge in [0.2, 0.25) is 5.91 Å². The lowest BCUT2D eigenvalue weighted by molar-refractivity contribution is -0.122. The number of hydrogen-bond donors (Lipinski definition) is 3. The molecule has 2 aromatic carbocycles. The Labute approximate surface area is 165 Å². The minimum atomic E-state index is -3.77. The van der Waals surface area contributed by atoms with E-state index in [4.69, 9.17) is 17.3 Å². The molecule has 0 aliphatic carbocycles. The summed E-state index contributed by atoms with van der Waals surface area (Å²) in [5, 5.41) is 3.28. The minimum absolute atomic E-state index is 0.0139. The predicted molar refractivity (Wildman–Crippen MR) is 108 cm³/mol. The predicted octanol–water partition coefficient (Wildman–Crippen LogP) is 2.84. The van der Waals surface area contributed by atoms with Gasteiger partial charge in [0.25, 0.3) is 10.0 Å². The molecule has 8 heteroatoms. The first-order valence-electron chi connectivity index (χ1n) is 8.52. The molecule has 0 radical (unpaired) electrons. The molecule has 6 nitrogen and oxygen atoms in total. The summed E-state index contributed by atoms with van der Waals surface area (Å²) in [7, 11) is -3.77. The lowest BCUT2D eigenvalue weighted by atomic mass is 10.0. The fourth-order valence-corrected chi connectivity index (χ4v) is 3.72. The Morgan fingerprint density at radius 3 is 2.37 bits per heavy atom. The van der Waals surface area contributed by atoms with Crippen LogP contribution < -0.4 is 15.8 Å². The van der Waals surface area contributed by atoms with Crippen LogP contribution in [0, 0.1) is 6.92 Å². The molecule has 1 amide bonds. The van der Waals surface area contributed by atoms with E-state index in [1.165, 1.54) is 6.07 Å². The Morgan fingerprint density at radius 1 is 1.15 bits per heavy atom. The number of rotatable bonds is 7. The van der Waals surface area contributed by atoms with Crippen molar-refractivity contribution in [3.63, 3.8) is 0 Å². The standard InChI is InChI=1S/C19H24ClN3O3S/c1-12(2)22-19(24)18(21)11-14-10-17(9-4-13(14)3)27(25,26)23-16-7-5-15(20)6-8-16/h4-10,12,18,23H,11,21H2,1-3H3,(H,22,24)/t18-/m0/s1. The van der Waals surface area contributed by atoms with Crippen LogP contribution in [-0.2, 0) is 21.2 Å². The third-order valence-corrected chi connectivity index (χ3v) is 5.57. The molecule has 0 aromatic heterocycles. The second kappa shape index (κ2) is 8.73. The van der Waals surface area contributed by atoms with Gasteiger partial charge in [0.05, 0.1) is 10.9 Å². The van der Waals surface area contributed by atoms with Gasteiger partial charge in [-0.1, -0.05) is 17.7 Å². The molecule has 0 spiro atoms. The molecule has 2 rings (SSSR count). The summed E-state index contributed by atoms with van der Waals surface area (Å²) in [4.78, 5) is 12.1. The molecule has 146 valence electrons. The van der Waals surface area contributed by atoms with Gasteiger partial charge < -0.3 is 11.1 Å². The van der Waals surface area contributed by atoms with Gasteiger partial charge in [-0.2, -0.15) is 0 Å². The van der Waals surface area contributed by atoms with Gasteiger partial charge in [0.1, 0.15) is 0 Å². The van der Waals surface area contributed by atoms with Crippen molar-refractivity contribution in [3.05, 3.63) is 58.6 Å². The highest BCUT2D eigenvalue weighted by molar-refractivity contribution is 7.92. The first-order valence-corrected chi connectivity index (χ1v) is 10.4. The minimum Gasteiger partial charge on any atom is -0.353 e. The SMILES string of the molecule is Cc1ccc(S(=O)(=O)Nc2ccc(Cl)cc2)cc1C[C@H](N)C(=O)NC(C)C. The van der Waals surface area contributed by atoms with Crippen molar-refractivity contribution in [1.82, 2.24) is 5.32 Å². The Hall–Kier alpha value is -2.09. The maximum absolute atomic E-state index is 12.7. The van der Waals surface area contributed by atoms with Gasteiger partial charge in [0.15, 0.2) is 0 Å². The number of carbonyl (C=O) groups excluding carboxylic acids is 1. The average Bonchev–Trinajstić information content (AvgIpc) is 2.58. The first kappa shape index (κ1) is 21.2. The van der Waals surface area contributed by atoms with E-state index in [1.807, 2.05) is 20.8 Å². The fourth-order valence-electron chi connectivity index (χ4n) is 2.49. The van der Waals surface area contributed by atoms with Crippen molar-refractivity contribution >= 4 is 33.2 Å². The number of nitrogens with two attached hydrogens (primary N) is 1. The summed E-state index contributed by atoms with van der Waals surface area (Å²) in [6, 6.07) is 10.4.